The first kappa shape index (κ1) is 15.4. The summed E-state index contributed by atoms with van der Waals surface area (Å²) in [6.45, 7) is 2.37. The van der Waals surface area contributed by atoms with Crippen LogP contribution < -0.4 is 9.80 Å². The predicted molar refractivity (Wildman–Crippen MR) is 101 cm³/mol. The van der Waals surface area contributed by atoms with Crippen LogP contribution >= 0.6 is 0 Å². The van der Waals surface area contributed by atoms with E-state index in [4.69, 9.17) is 0 Å². The molecule has 132 valence electrons. The topological polar surface area (TPSA) is 54.3 Å². The smallest absolute Gasteiger partial charge is 0.231 e. The summed E-state index contributed by atoms with van der Waals surface area (Å²) >= 11 is 0. The van der Waals surface area contributed by atoms with E-state index in [0.717, 1.165) is 55.0 Å². The van der Waals surface area contributed by atoms with Crippen LogP contribution in [0.4, 0.5) is 11.5 Å². The molecule has 26 heavy (non-hydrogen) atoms. The minimum Gasteiger partial charge on any atom is -0.355 e. The van der Waals surface area contributed by atoms with Crippen molar-refractivity contribution in [2.45, 2.75) is 12.8 Å². The zero-order valence-electron chi connectivity index (χ0n) is 14.8. The number of rotatable bonds is 2. The van der Waals surface area contributed by atoms with E-state index >= 15 is 0 Å². The maximum Gasteiger partial charge on any atom is 0.231 e. The number of carbonyl (C=O) groups is 1. The number of hydrogen-bond donors (Lipinski definition) is 0. The molecule has 1 unspecified atom stereocenters. The molecule has 2 aromatic heterocycles. The molecule has 0 N–H and O–H groups in total. The van der Waals surface area contributed by atoms with Gasteiger partial charge in [0.25, 0.3) is 0 Å². The molecule has 2 aliphatic rings. The third-order valence-corrected chi connectivity index (χ3v) is 5.63. The summed E-state index contributed by atoms with van der Waals surface area (Å²) in [4.78, 5) is 26.2. The highest BCUT2D eigenvalue weighted by Gasteiger charge is 2.35. The van der Waals surface area contributed by atoms with Gasteiger partial charge in [0.2, 0.25) is 5.91 Å². The summed E-state index contributed by atoms with van der Waals surface area (Å²) < 4.78 is 2.00. The van der Waals surface area contributed by atoms with Crippen LogP contribution in [0.1, 0.15) is 12.0 Å². The van der Waals surface area contributed by atoms with E-state index < -0.39 is 0 Å². The van der Waals surface area contributed by atoms with E-state index in [1.165, 1.54) is 5.56 Å². The lowest BCUT2D eigenvalue weighted by molar-refractivity contribution is -0.121. The molecule has 0 radical (unpaired) electrons. The Morgan fingerprint density at radius 3 is 2.96 bits per heavy atom. The van der Waals surface area contributed by atoms with Gasteiger partial charge in [-0.3, -0.25) is 4.79 Å². The predicted octanol–water partition coefficient (Wildman–Crippen LogP) is 2.38. The molecule has 0 bridgehead atoms. The van der Waals surface area contributed by atoms with Crippen molar-refractivity contribution in [3.8, 4) is 0 Å². The fraction of sp³-hybridized carbons (Fsp3) is 0.350. The molecule has 6 nitrogen and oxygen atoms in total. The summed E-state index contributed by atoms with van der Waals surface area (Å²) in [5, 5.41) is 1.05. The van der Waals surface area contributed by atoms with E-state index in [0.29, 0.717) is 0 Å². The average molecular weight is 347 g/mol. The fourth-order valence-corrected chi connectivity index (χ4v) is 4.26. The molecule has 3 aromatic rings. The van der Waals surface area contributed by atoms with E-state index in [-0.39, 0.29) is 11.8 Å². The van der Waals surface area contributed by atoms with Crippen LogP contribution in [0.5, 0.6) is 0 Å². The number of para-hydroxylation sites is 1. The van der Waals surface area contributed by atoms with Crippen LogP contribution in [-0.2, 0) is 18.3 Å². The Bertz CT molecular complexity index is 995. The van der Waals surface area contributed by atoms with Gasteiger partial charge in [-0.2, -0.15) is 0 Å². The summed E-state index contributed by atoms with van der Waals surface area (Å²) in [5.41, 5.74) is 3.29. The summed E-state index contributed by atoms with van der Waals surface area (Å²) in [5.74, 6) is 1.21. The van der Waals surface area contributed by atoms with Gasteiger partial charge in [-0.25, -0.2) is 9.97 Å². The van der Waals surface area contributed by atoms with Crippen LogP contribution in [0, 0.1) is 5.92 Å². The molecule has 0 spiro atoms. The maximum atomic E-state index is 13.1. The van der Waals surface area contributed by atoms with Crippen molar-refractivity contribution in [3.63, 3.8) is 0 Å². The zero-order valence-corrected chi connectivity index (χ0v) is 14.8. The number of aromatic nitrogens is 3. The Morgan fingerprint density at radius 1 is 1.15 bits per heavy atom. The minimum atomic E-state index is 0.0230. The molecule has 1 fully saturated rings. The highest BCUT2D eigenvalue weighted by Crippen LogP contribution is 2.33. The fourth-order valence-electron chi connectivity index (χ4n) is 4.26. The van der Waals surface area contributed by atoms with Gasteiger partial charge in [-0.1, -0.05) is 18.2 Å². The van der Waals surface area contributed by atoms with Crippen molar-refractivity contribution in [3.05, 3.63) is 48.4 Å². The Balaban J connectivity index is 1.38. The van der Waals surface area contributed by atoms with E-state index in [1.807, 2.05) is 34.8 Å². The SMILES string of the molecule is Cn1ccc2c(N3CCC(C(=O)N4CCc5ccccc54)C3)ncnc21. The van der Waals surface area contributed by atoms with Gasteiger partial charge < -0.3 is 14.4 Å². The summed E-state index contributed by atoms with van der Waals surface area (Å²) in [7, 11) is 1.99. The number of amides is 1. The van der Waals surface area contributed by atoms with Crippen LogP contribution in [0.15, 0.2) is 42.9 Å². The molecule has 0 aliphatic carbocycles. The first-order valence-corrected chi connectivity index (χ1v) is 9.12. The van der Waals surface area contributed by atoms with Crippen LogP contribution in [-0.4, -0.2) is 40.1 Å². The number of carbonyl (C=O) groups excluding carboxylic acids is 1. The van der Waals surface area contributed by atoms with Crippen molar-refractivity contribution in [1.82, 2.24) is 14.5 Å². The van der Waals surface area contributed by atoms with Gasteiger partial charge in [-0.05, 0) is 30.5 Å². The summed E-state index contributed by atoms with van der Waals surface area (Å²) in [6, 6.07) is 10.3. The number of nitrogens with zero attached hydrogens (tertiary/aromatic N) is 5. The molecule has 1 amide bonds. The normalized spacial score (nSPS) is 19.3. The highest BCUT2D eigenvalue weighted by atomic mass is 16.2. The van der Waals surface area contributed by atoms with Crippen molar-refractivity contribution < 1.29 is 4.79 Å². The molecule has 5 rings (SSSR count). The third-order valence-electron chi connectivity index (χ3n) is 5.63. The van der Waals surface area contributed by atoms with E-state index in [1.54, 1.807) is 6.33 Å². The van der Waals surface area contributed by atoms with E-state index in [9.17, 15) is 4.79 Å². The molecular formula is C20H21N5O. The van der Waals surface area contributed by atoms with Gasteiger partial charge in [0.1, 0.15) is 17.8 Å². The summed E-state index contributed by atoms with van der Waals surface area (Å²) in [6.07, 6.45) is 5.44. The Morgan fingerprint density at radius 2 is 2.04 bits per heavy atom. The van der Waals surface area contributed by atoms with Gasteiger partial charge in [-0.15, -0.1) is 0 Å². The van der Waals surface area contributed by atoms with Gasteiger partial charge in [0, 0.05) is 38.6 Å². The molecule has 4 heterocycles. The molecule has 0 saturated carbocycles. The molecule has 1 atom stereocenters. The first-order chi connectivity index (χ1) is 12.7. The number of hydrogen-bond acceptors (Lipinski definition) is 4. The Hall–Kier alpha value is -2.89. The molecule has 6 heteroatoms. The quantitative estimate of drug-likeness (QED) is 0.714. The van der Waals surface area contributed by atoms with Crippen LogP contribution in [0.25, 0.3) is 11.0 Å². The minimum absolute atomic E-state index is 0.0230. The lowest BCUT2D eigenvalue weighted by atomic mass is 10.1. The van der Waals surface area contributed by atoms with Crippen LogP contribution in [0.3, 0.4) is 0 Å². The Kier molecular flexibility index (Phi) is 3.45. The van der Waals surface area contributed by atoms with E-state index in [2.05, 4.69) is 33.1 Å². The van der Waals surface area contributed by atoms with Crippen molar-refractivity contribution >= 4 is 28.4 Å². The number of fused-ring (bicyclic) bond motifs is 2. The van der Waals surface area contributed by atoms with Crippen molar-refractivity contribution in [2.75, 3.05) is 29.4 Å². The second-order valence-electron chi connectivity index (χ2n) is 7.16. The van der Waals surface area contributed by atoms with Gasteiger partial charge in [0.15, 0.2) is 0 Å². The lowest BCUT2D eigenvalue weighted by Crippen LogP contribution is -2.36. The highest BCUT2D eigenvalue weighted by molar-refractivity contribution is 5.98. The second kappa shape index (κ2) is 5.83. The number of anilines is 2. The number of benzene rings is 1. The van der Waals surface area contributed by atoms with Crippen molar-refractivity contribution in [1.29, 1.82) is 0 Å². The zero-order chi connectivity index (χ0) is 17.7. The standard InChI is InChI=1S/C20H21N5O/c1-23-9-8-16-18(23)21-13-22-19(16)24-10-6-15(12-24)20(26)25-11-7-14-4-2-3-5-17(14)25/h2-5,8-9,13,15H,6-7,10-12H2,1H3. The molecule has 1 saturated heterocycles. The molecular weight excluding hydrogens is 326 g/mol. The average Bonchev–Trinajstić information content (AvgIpc) is 3.39. The van der Waals surface area contributed by atoms with Gasteiger partial charge >= 0.3 is 0 Å². The monoisotopic (exact) mass is 347 g/mol. The third kappa shape index (κ3) is 2.29. The Labute approximate surface area is 152 Å². The maximum absolute atomic E-state index is 13.1. The second-order valence-corrected chi connectivity index (χ2v) is 7.16. The first-order valence-electron chi connectivity index (χ1n) is 9.12. The van der Waals surface area contributed by atoms with Crippen molar-refractivity contribution in [2.24, 2.45) is 13.0 Å². The van der Waals surface area contributed by atoms with Gasteiger partial charge in [0.05, 0.1) is 11.3 Å². The largest absolute Gasteiger partial charge is 0.355 e. The molecule has 2 aliphatic heterocycles. The number of aryl methyl sites for hydroxylation is 1. The lowest BCUT2D eigenvalue weighted by Gasteiger charge is -2.22. The molecule has 1 aromatic carbocycles. The van der Waals surface area contributed by atoms with Crippen LogP contribution in [0.2, 0.25) is 0 Å².